The summed E-state index contributed by atoms with van der Waals surface area (Å²) < 4.78 is 43.5. The summed E-state index contributed by atoms with van der Waals surface area (Å²) in [6.45, 7) is 3.08. The van der Waals surface area contributed by atoms with Gasteiger partial charge in [-0.05, 0) is 31.5 Å². The van der Waals surface area contributed by atoms with Gasteiger partial charge in [0.05, 0.1) is 6.61 Å². The molecule has 0 heterocycles. The molecule has 0 bridgehead atoms. The maximum absolute atomic E-state index is 12.7. The van der Waals surface area contributed by atoms with Gasteiger partial charge in [0.25, 0.3) is 5.91 Å². The molecule has 21 heavy (non-hydrogen) atoms. The second kappa shape index (κ2) is 6.34. The maximum atomic E-state index is 12.7. The van der Waals surface area contributed by atoms with Crippen LogP contribution < -0.4 is 10.5 Å². The van der Waals surface area contributed by atoms with Gasteiger partial charge in [0.2, 0.25) is 0 Å². The Morgan fingerprint density at radius 1 is 1.29 bits per heavy atom. The summed E-state index contributed by atoms with van der Waals surface area (Å²) >= 11 is 0. The average Bonchev–Trinajstić information content (AvgIpc) is 2.39. The molecule has 0 aromatic heterocycles. The number of carbonyl (C=O) groups excluding carboxylic acids is 1. The fourth-order valence-corrected chi connectivity index (χ4v) is 1.72. The highest BCUT2D eigenvalue weighted by molar-refractivity contribution is 5.86. The van der Waals surface area contributed by atoms with Gasteiger partial charge in [-0.1, -0.05) is 12.1 Å². The first-order valence-corrected chi connectivity index (χ1v) is 6.42. The van der Waals surface area contributed by atoms with Crippen LogP contribution in [0.5, 0.6) is 5.75 Å². The molecular weight excluding hydrogens is 285 g/mol. The predicted octanol–water partition coefficient (Wildman–Crippen LogP) is 2.32. The van der Waals surface area contributed by atoms with Crippen molar-refractivity contribution >= 4 is 5.91 Å². The van der Waals surface area contributed by atoms with Crippen molar-refractivity contribution in [1.82, 2.24) is 4.90 Å². The van der Waals surface area contributed by atoms with Gasteiger partial charge in [-0.25, -0.2) is 0 Å². The molecular formula is C14H19F3N2O2. The zero-order valence-corrected chi connectivity index (χ0v) is 12.2. The first-order valence-electron chi connectivity index (χ1n) is 6.42. The number of hydrogen-bond acceptors (Lipinski definition) is 3. The number of nitrogens with two attached hydrogens (primary N) is 1. The number of amides is 1. The molecule has 0 spiro atoms. The molecule has 0 radical (unpaired) electrons. The largest absolute Gasteiger partial charge is 0.494 e. The van der Waals surface area contributed by atoms with Gasteiger partial charge in [0.1, 0.15) is 5.75 Å². The molecule has 4 nitrogen and oxygen atoms in total. The first kappa shape index (κ1) is 17.3. The Morgan fingerprint density at radius 3 is 2.24 bits per heavy atom. The van der Waals surface area contributed by atoms with E-state index in [1.807, 2.05) is 6.92 Å². The molecule has 1 atom stereocenters. The highest BCUT2D eigenvalue weighted by Gasteiger charge is 2.54. The number of likely N-dealkylation sites (N-methyl/N-ethyl adjacent to an activating group) is 1. The van der Waals surface area contributed by atoms with E-state index in [1.165, 1.54) is 7.05 Å². The fraction of sp³-hybridized carbons (Fsp3) is 0.500. The van der Waals surface area contributed by atoms with E-state index in [1.54, 1.807) is 24.3 Å². The standard InChI is InChI=1S/C14H19F3N2O2/c1-4-21-11-7-5-10(6-8-11)9-19(3)12(20)13(2,18)14(15,16)17/h5-8H,4,9,18H2,1-3H3. The van der Waals surface area contributed by atoms with Gasteiger partial charge in [-0.3, -0.25) is 4.79 Å². The van der Waals surface area contributed by atoms with Crippen LogP contribution in [-0.2, 0) is 11.3 Å². The van der Waals surface area contributed by atoms with Crippen molar-refractivity contribution in [2.75, 3.05) is 13.7 Å². The van der Waals surface area contributed by atoms with Gasteiger partial charge in [0, 0.05) is 13.6 Å². The summed E-state index contributed by atoms with van der Waals surface area (Å²) in [4.78, 5) is 12.8. The van der Waals surface area contributed by atoms with Crippen molar-refractivity contribution < 1.29 is 22.7 Å². The molecule has 0 saturated heterocycles. The summed E-state index contributed by atoms with van der Waals surface area (Å²) in [5.74, 6) is -0.516. The molecule has 0 saturated carbocycles. The Morgan fingerprint density at radius 2 is 1.81 bits per heavy atom. The van der Waals surface area contributed by atoms with Crippen LogP contribution in [-0.4, -0.2) is 36.2 Å². The summed E-state index contributed by atoms with van der Waals surface area (Å²) in [5, 5.41) is 0. The van der Waals surface area contributed by atoms with Gasteiger partial charge >= 0.3 is 6.18 Å². The van der Waals surface area contributed by atoms with Crippen molar-refractivity contribution in [2.45, 2.75) is 32.1 Å². The smallest absolute Gasteiger partial charge is 0.415 e. The Labute approximate surface area is 121 Å². The Bertz CT molecular complexity index is 484. The minimum Gasteiger partial charge on any atom is -0.494 e. The second-order valence-corrected chi connectivity index (χ2v) is 4.94. The SMILES string of the molecule is CCOc1ccc(CN(C)C(=O)C(C)(N)C(F)(F)F)cc1. The molecule has 0 aliphatic heterocycles. The summed E-state index contributed by atoms with van der Waals surface area (Å²) in [5.41, 5.74) is 2.91. The summed E-state index contributed by atoms with van der Waals surface area (Å²) in [6, 6.07) is 6.78. The van der Waals surface area contributed by atoms with Gasteiger partial charge in [-0.2, -0.15) is 13.2 Å². The normalized spacial score (nSPS) is 14.4. The topological polar surface area (TPSA) is 55.6 Å². The van der Waals surface area contributed by atoms with Crippen LogP contribution in [0, 0.1) is 0 Å². The average molecular weight is 304 g/mol. The third-order valence-electron chi connectivity index (χ3n) is 3.03. The number of rotatable bonds is 5. The molecule has 118 valence electrons. The lowest BCUT2D eigenvalue weighted by molar-refractivity contribution is -0.193. The number of halogens is 3. The van der Waals surface area contributed by atoms with Gasteiger partial charge < -0.3 is 15.4 Å². The van der Waals surface area contributed by atoms with E-state index in [0.29, 0.717) is 24.8 Å². The lowest BCUT2D eigenvalue weighted by Gasteiger charge is -2.30. The van der Waals surface area contributed by atoms with E-state index >= 15 is 0 Å². The molecule has 1 aromatic rings. The minimum absolute atomic E-state index is 0.0358. The fourth-order valence-electron chi connectivity index (χ4n) is 1.72. The molecule has 2 N–H and O–H groups in total. The zero-order chi connectivity index (χ0) is 16.3. The van der Waals surface area contributed by atoms with Crippen molar-refractivity contribution in [3.63, 3.8) is 0 Å². The van der Waals surface area contributed by atoms with Crippen LogP contribution in [0.4, 0.5) is 13.2 Å². The molecule has 1 amide bonds. The molecule has 0 aliphatic carbocycles. The third-order valence-corrected chi connectivity index (χ3v) is 3.03. The number of benzene rings is 1. The number of nitrogens with zero attached hydrogens (tertiary/aromatic N) is 1. The lowest BCUT2D eigenvalue weighted by atomic mass is 10.0. The van der Waals surface area contributed by atoms with Crippen molar-refractivity contribution in [3.05, 3.63) is 29.8 Å². The highest BCUT2D eigenvalue weighted by atomic mass is 19.4. The van der Waals surface area contributed by atoms with Gasteiger partial charge in [-0.15, -0.1) is 0 Å². The quantitative estimate of drug-likeness (QED) is 0.908. The Hall–Kier alpha value is -1.76. The van der Waals surface area contributed by atoms with Crippen LogP contribution in [0.2, 0.25) is 0 Å². The van der Waals surface area contributed by atoms with E-state index in [-0.39, 0.29) is 6.54 Å². The van der Waals surface area contributed by atoms with Crippen molar-refractivity contribution in [1.29, 1.82) is 0 Å². The van der Waals surface area contributed by atoms with Crippen LogP contribution in [0.15, 0.2) is 24.3 Å². The monoisotopic (exact) mass is 304 g/mol. The number of ether oxygens (including phenoxy) is 1. The number of alkyl halides is 3. The molecule has 1 aromatic carbocycles. The third kappa shape index (κ3) is 4.10. The minimum atomic E-state index is -4.79. The van der Waals surface area contributed by atoms with E-state index in [0.717, 1.165) is 4.90 Å². The molecule has 0 fully saturated rings. The lowest BCUT2D eigenvalue weighted by Crippen LogP contribution is -2.61. The zero-order valence-electron chi connectivity index (χ0n) is 12.2. The van der Waals surface area contributed by atoms with Crippen LogP contribution >= 0.6 is 0 Å². The van der Waals surface area contributed by atoms with Crippen molar-refractivity contribution in [3.8, 4) is 5.75 Å². The molecule has 1 unspecified atom stereocenters. The van der Waals surface area contributed by atoms with Crippen LogP contribution in [0.3, 0.4) is 0 Å². The predicted molar refractivity (Wildman–Crippen MR) is 72.7 cm³/mol. The van der Waals surface area contributed by atoms with E-state index in [4.69, 9.17) is 10.5 Å². The van der Waals surface area contributed by atoms with Crippen LogP contribution in [0.1, 0.15) is 19.4 Å². The molecule has 7 heteroatoms. The Kier molecular flexibility index (Phi) is 5.22. The number of carbonyl (C=O) groups is 1. The van der Waals surface area contributed by atoms with Crippen molar-refractivity contribution in [2.24, 2.45) is 5.73 Å². The van der Waals surface area contributed by atoms with Crippen LogP contribution in [0.25, 0.3) is 0 Å². The van der Waals surface area contributed by atoms with E-state index < -0.39 is 17.6 Å². The molecule has 1 rings (SSSR count). The maximum Gasteiger partial charge on any atom is 0.415 e. The summed E-state index contributed by atoms with van der Waals surface area (Å²) in [6.07, 6.45) is -4.79. The first-order chi connectivity index (χ1) is 9.59. The second-order valence-electron chi connectivity index (χ2n) is 4.94. The van der Waals surface area contributed by atoms with Gasteiger partial charge in [0.15, 0.2) is 5.54 Å². The summed E-state index contributed by atoms with van der Waals surface area (Å²) in [7, 11) is 1.29. The van der Waals surface area contributed by atoms with E-state index in [2.05, 4.69) is 0 Å². The van der Waals surface area contributed by atoms with E-state index in [9.17, 15) is 18.0 Å². The molecule has 0 aliphatic rings. The highest BCUT2D eigenvalue weighted by Crippen LogP contribution is 2.29. The number of hydrogen-bond donors (Lipinski definition) is 1. The Balaban J connectivity index is 2.76.